The van der Waals surface area contributed by atoms with Gasteiger partial charge in [-0.25, -0.2) is 0 Å². The largest absolute Gasteiger partial charge is 0.289 e. The fraction of sp³-hybridized carbons (Fsp3) is 0.231. The summed E-state index contributed by atoms with van der Waals surface area (Å²) in [5.41, 5.74) is 1.21. The Morgan fingerprint density at radius 3 is 1.29 bits per heavy atom. The molecule has 0 unspecified atom stereocenters. The Balaban J connectivity index is 1.16. The summed E-state index contributed by atoms with van der Waals surface area (Å²) in [5, 5.41) is 8.98. The van der Waals surface area contributed by atoms with Crippen LogP contribution in [0.2, 0.25) is 0 Å². The molecule has 16 heteroatoms. The Labute approximate surface area is 407 Å². The van der Waals surface area contributed by atoms with E-state index in [1.54, 1.807) is 78.9 Å². The van der Waals surface area contributed by atoms with Gasteiger partial charge in [0.25, 0.3) is 5.56 Å². The first kappa shape index (κ1) is 44.7. The zero-order valence-corrected chi connectivity index (χ0v) is 39.3. The maximum absolute atomic E-state index is 15.2. The van der Waals surface area contributed by atoms with Gasteiger partial charge in [0.05, 0.1) is 40.4 Å². The number of thiocarbonyl (C=S) groups is 2. The van der Waals surface area contributed by atoms with Crippen LogP contribution in [0, 0.1) is 11.8 Å². The summed E-state index contributed by atoms with van der Waals surface area (Å²) in [7, 11) is 0. The Bertz CT molecular complexity index is 2970. The van der Waals surface area contributed by atoms with Gasteiger partial charge in [0.2, 0.25) is 28.4 Å². The molecule has 2 saturated heterocycles. The van der Waals surface area contributed by atoms with E-state index in [4.69, 9.17) is 29.5 Å². The van der Waals surface area contributed by atoms with E-state index in [2.05, 4.69) is 0 Å². The number of carbonyl (C=O) groups is 4. The molecular formula is C52H46N8O5S3. The van der Waals surface area contributed by atoms with Gasteiger partial charge < -0.3 is 0 Å². The van der Waals surface area contributed by atoms with E-state index in [1.807, 2.05) is 88.9 Å². The summed E-state index contributed by atoms with van der Waals surface area (Å²) in [6.07, 6.45) is 6.82. The van der Waals surface area contributed by atoms with Gasteiger partial charge in [0.1, 0.15) is 17.5 Å². The van der Waals surface area contributed by atoms with Crippen LogP contribution in [0.4, 0.5) is 22.7 Å². The first-order valence-electron chi connectivity index (χ1n) is 22.7. The van der Waals surface area contributed by atoms with Crippen LogP contribution in [-0.2, 0) is 19.2 Å². The van der Waals surface area contributed by atoms with Crippen LogP contribution in [0.5, 0.6) is 0 Å². The van der Waals surface area contributed by atoms with E-state index in [0.29, 0.717) is 53.0 Å². The highest BCUT2D eigenvalue weighted by molar-refractivity contribution is 7.81. The van der Waals surface area contributed by atoms with E-state index < -0.39 is 41.1 Å². The van der Waals surface area contributed by atoms with Gasteiger partial charge in [-0.1, -0.05) is 134 Å². The number of benzene rings is 5. The van der Waals surface area contributed by atoms with Crippen LogP contribution in [0.3, 0.4) is 0 Å². The van der Waals surface area contributed by atoms with Crippen molar-refractivity contribution in [3.8, 4) is 0 Å². The molecule has 1 aromatic heterocycles. The molecule has 68 heavy (non-hydrogen) atoms. The van der Waals surface area contributed by atoms with E-state index in [1.165, 1.54) is 24.3 Å². The van der Waals surface area contributed by atoms with Gasteiger partial charge in [-0.3, -0.25) is 53.6 Å². The summed E-state index contributed by atoms with van der Waals surface area (Å²) >= 11 is 13.1. The number of para-hydroxylation sites is 4. The molecule has 342 valence electrons. The molecule has 4 heterocycles. The molecule has 0 N–H and O–H groups in total. The van der Waals surface area contributed by atoms with Crippen molar-refractivity contribution < 1.29 is 19.2 Å². The molecule has 1 saturated carbocycles. The fourth-order valence-corrected chi connectivity index (χ4v) is 11.5. The maximum atomic E-state index is 15.2. The summed E-state index contributed by atoms with van der Waals surface area (Å²) in [6.45, 7) is -0.452. The summed E-state index contributed by atoms with van der Waals surface area (Å²) in [4.78, 5) is 81.7. The Morgan fingerprint density at radius 1 is 0.515 bits per heavy atom. The molecule has 6 aromatic rings. The van der Waals surface area contributed by atoms with Crippen molar-refractivity contribution in [1.29, 1.82) is 0 Å². The first-order valence-corrected chi connectivity index (χ1v) is 24.4. The van der Waals surface area contributed by atoms with E-state index >= 15 is 24.0 Å². The molecule has 5 aromatic carbocycles. The zero-order chi connectivity index (χ0) is 46.9. The number of fused-ring (bicyclic) bond motifs is 1. The molecule has 0 radical (unpaired) electrons. The lowest BCUT2D eigenvalue weighted by molar-refractivity contribution is -0.134. The van der Waals surface area contributed by atoms with Crippen molar-refractivity contribution in [1.82, 2.24) is 9.69 Å². The number of aromatic nitrogens is 1. The van der Waals surface area contributed by atoms with Crippen LogP contribution < -0.4 is 39.5 Å². The van der Waals surface area contributed by atoms with Gasteiger partial charge >= 0.3 is 0 Å². The standard InChI is InChI=1S/C52H46N8O5S3/c61-44-41(45(62)57(38-25-13-6-14-26-38)50(66)56(44)37-23-11-5-12-24-37)34-54-52(31-19-2-1-3-20-32-52)55(60-48(65)43(68-49(60)53-54)33-36-21-9-4-10-22-36)35-42-46(63)58(39-27-15-7-16-28-39)51(67)59(47(42)64)40-29-17-8-18-30-40/h4-18,21-30,33,41-42H,1-3,19-20,31-32,34-35H2/b43-33+. The van der Waals surface area contributed by atoms with Crippen LogP contribution in [0.15, 0.2) is 162 Å². The summed E-state index contributed by atoms with van der Waals surface area (Å²) < 4.78 is 1.90. The minimum atomic E-state index is -1.37. The lowest BCUT2D eigenvalue weighted by Crippen LogP contribution is -2.74. The second-order valence-corrected chi connectivity index (χ2v) is 18.9. The highest BCUT2D eigenvalue weighted by Gasteiger charge is 2.54. The molecule has 13 nitrogen and oxygen atoms in total. The molecule has 0 bridgehead atoms. The SMILES string of the molecule is O=C1C(CN2N=c3s/c(=C/c4ccccc4)c(=O)n3N(CC3C(=O)N(c4ccccc4)C(=S)N(c4ccccc4)C3=O)C23CCCCCCC3)C(=O)N(c2ccccc2)C(=S)N1c1ccccc1. The molecule has 1 spiro atoms. The van der Waals surface area contributed by atoms with Crippen LogP contribution in [-0.4, -0.2) is 62.3 Å². The topological polar surface area (TPSA) is 122 Å². The van der Waals surface area contributed by atoms with Crippen LogP contribution in [0.1, 0.15) is 50.5 Å². The number of anilines is 4. The van der Waals surface area contributed by atoms with Crippen molar-refractivity contribution in [3.05, 3.63) is 177 Å². The van der Waals surface area contributed by atoms with Gasteiger partial charge in [0, 0.05) is 0 Å². The van der Waals surface area contributed by atoms with E-state index in [9.17, 15) is 0 Å². The number of amides is 4. The average molecular weight is 959 g/mol. The first-order chi connectivity index (χ1) is 33.2. The lowest BCUT2D eigenvalue weighted by atomic mass is 9.87. The molecule has 4 aliphatic rings. The monoisotopic (exact) mass is 958 g/mol. The highest BCUT2D eigenvalue weighted by atomic mass is 32.1. The van der Waals surface area contributed by atoms with Gasteiger partial charge in [0.15, 0.2) is 10.2 Å². The fourth-order valence-electron chi connectivity index (χ4n) is 9.74. The number of carbonyl (C=O) groups excluding carboxylic acids is 4. The quantitative estimate of drug-likeness (QED) is 0.112. The van der Waals surface area contributed by atoms with Gasteiger partial charge in [-0.05, 0) is 110 Å². The van der Waals surface area contributed by atoms with Crippen molar-refractivity contribution in [2.24, 2.45) is 16.9 Å². The highest BCUT2D eigenvalue weighted by Crippen LogP contribution is 2.40. The Morgan fingerprint density at radius 2 is 0.882 bits per heavy atom. The third-order valence-corrected chi connectivity index (χ3v) is 14.7. The van der Waals surface area contributed by atoms with Crippen molar-refractivity contribution >= 4 is 98.5 Å². The third kappa shape index (κ3) is 8.01. The number of rotatable bonds is 9. The van der Waals surface area contributed by atoms with E-state index in [0.717, 1.165) is 36.2 Å². The van der Waals surface area contributed by atoms with Crippen molar-refractivity contribution in [3.63, 3.8) is 0 Å². The van der Waals surface area contributed by atoms with Crippen molar-refractivity contribution in [2.75, 3.05) is 37.7 Å². The molecule has 1 aliphatic carbocycles. The zero-order valence-electron chi connectivity index (χ0n) is 36.9. The number of hydrogen-bond acceptors (Lipinski definition) is 11. The van der Waals surface area contributed by atoms with Gasteiger partial charge in [-0.2, -0.15) is 4.68 Å². The number of nitrogens with zero attached hydrogens (tertiary/aromatic N) is 8. The Hall–Kier alpha value is -7.14. The lowest BCUT2D eigenvalue weighted by Gasteiger charge is -2.54. The predicted octanol–water partition coefficient (Wildman–Crippen LogP) is 6.93. The normalized spacial score (nSPS) is 18.6. The smallest absolute Gasteiger partial charge is 0.279 e. The van der Waals surface area contributed by atoms with Crippen LogP contribution in [0.25, 0.3) is 6.08 Å². The molecule has 10 rings (SSSR count). The molecule has 3 fully saturated rings. The second-order valence-electron chi connectivity index (χ2n) is 17.1. The second kappa shape index (κ2) is 18.9. The minimum absolute atomic E-state index is 0.0101. The van der Waals surface area contributed by atoms with Crippen molar-refractivity contribution in [2.45, 2.75) is 50.6 Å². The molecular weight excluding hydrogens is 913 g/mol. The molecule has 0 atom stereocenters. The Kier molecular flexibility index (Phi) is 12.4. The van der Waals surface area contributed by atoms with Gasteiger partial charge in [-0.15, -0.1) is 5.10 Å². The average Bonchev–Trinajstić information content (AvgIpc) is 3.65. The predicted molar refractivity (Wildman–Crippen MR) is 272 cm³/mol. The molecule has 3 aliphatic heterocycles. The number of thiazole rings is 1. The van der Waals surface area contributed by atoms with E-state index in [-0.39, 0.29) is 33.7 Å². The summed E-state index contributed by atoms with van der Waals surface area (Å²) in [6, 6.07) is 45.5. The maximum Gasteiger partial charge on any atom is 0.289 e. The third-order valence-electron chi connectivity index (χ3n) is 13.1. The van der Waals surface area contributed by atoms with Crippen LogP contribution >= 0.6 is 35.8 Å². The molecule has 4 amide bonds. The summed E-state index contributed by atoms with van der Waals surface area (Å²) in [5.74, 6) is -4.81. The number of hydrogen-bond donors (Lipinski definition) is 0. The minimum Gasteiger partial charge on any atom is -0.279 e.